The number of rotatable bonds is 7. The van der Waals surface area contributed by atoms with Gasteiger partial charge in [0.05, 0.1) is 15.2 Å². The van der Waals surface area contributed by atoms with Crippen LogP contribution in [0.3, 0.4) is 0 Å². The Morgan fingerprint density at radius 3 is 2.22 bits per heavy atom. The lowest BCUT2D eigenvalue weighted by Gasteiger charge is -2.29. The first-order valence-electron chi connectivity index (χ1n) is 10.5. The number of benzene rings is 2. The minimum Gasteiger partial charge on any atom is -0.497 e. The first-order chi connectivity index (χ1) is 15.1. The van der Waals surface area contributed by atoms with Gasteiger partial charge < -0.3 is 25.6 Å². The van der Waals surface area contributed by atoms with E-state index < -0.39 is 26.2 Å². The van der Waals surface area contributed by atoms with Crippen LogP contribution in [0.1, 0.15) is 11.6 Å². The molecule has 3 N–H and O–H groups in total. The molecule has 2 aromatic rings. The summed E-state index contributed by atoms with van der Waals surface area (Å²) in [5.41, 5.74) is 1.29. The summed E-state index contributed by atoms with van der Waals surface area (Å²) in [6, 6.07) is 12.9. The molecule has 0 radical (unpaired) electrons. The molecule has 0 aromatic heterocycles. The van der Waals surface area contributed by atoms with Crippen LogP contribution in [0.15, 0.2) is 48.5 Å². The van der Waals surface area contributed by atoms with Gasteiger partial charge in [-0.2, -0.15) is 0 Å². The van der Waals surface area contributed by atoms with Gasteiger partial charge in [0.25, 0.3) is 5.91 Å². The van der Waals surface area contributed by atoms with Crippen molar-refractivity contribution < 1.29 is 19.1 Å². The molecule has 170 valence electrons. The first kappa shape index (κ1) is 23.3. The summed E-state index contributed by atoms with van der Waals surface area (Å²) < 4.78 is 5.21. The van der Waals surface area contributed by atoms with Crippen LogP contribution < -0.4 is 25.9 Å². The minimum atomic E-state index is -1.45. The van der Waals surface area contributed by atoms with Gasteiger partial charge in [0.1, 0.15) is 17.8 Å². The second-order valence-corrected chi connectivity index (χ2v) is 13.9. The molecule has 1 aliphatic heterocycles. The summed E-state index contributed by atoms with van der Waals surface area (Å²) in [4.78, 5) is 39.2. The van der Waals surface area contributed by atoms with E-state index in [1.165, 1.54) is 10.1 Å². The Kier molecular flexibility index (Phi) is 6.88. The number of urea groups is 1. The van der Waals surface area contributed by atoms with Gasteiger partial charge >= 0.3 is 6.03 Å². The molecule has 1 saturated heterocycles. The zero-order valence-corrected chi connectivity index (χ0v) is 20.1. The maximum absolute atomic E-state index is 13.3. The molecule has 2 atom stereocenters. The molecule has 8 nitrogen and oxygen atoms in total. The fraction of sp³-hybridized carbons (Fsp3) is 0.348. The van der Waals surface area contributed by atoms with E-state index in [1.54, 1.807) is 38.4 Å². The average molecular weight is 455 g/mol. The second kappa shape index (κ2) is 9.43. The quantitative estimate of drug-likeness (QED) is 0.558. The minimum absolute atomic E-state index is 0.178. The SMILES string of the molecule is COc1ccc(C(C(=O)Nc2ccc([Si](C)(C)C)cc2)N(C)C(=O)C2CNC(=O)N2)cc1. The number of hydrogen-bond acceptors (Lipinski definition) is 4. The van der Waals surface area contributed by atoms with E-state index in [4.69, 9.17) is 4.74 Å². The number of amides is 4. The molecule has 4 amide bonds. The molecule has 0 saturated carbocycles. The molecule has 0 spiro atoms. The Balaban J connectivity index is 1.86. The molecule has 0 bridgehead atoms. The summed E-state index contributed by atoms with van der Waals surface area (Å²) >= 11 is 0. The molecule has 1 aliphatic rings. The van der Waals surface area contributed by atoms with E-state index in [9.17, 15) is 14.4 Å². The number of carbonyl (C=O) groups is 3. The molecule has 9 heteroatoms. The molecule has 1 heterocycles. The zero-order chi connectivity index (χ0) is 23.5. The van der Waals surface area contributed by atoms with Crippen molar-refractivity contribution in [3.63, 3.8) is 0 Å². The third-order valence-corrected chi connectivity index (χ3v) is 7.57. The highest BCUT2D eigenvalue weighted by Gasteiger charge is 2.35. The van der Waals surface area contributed by atoms with Crippen molar-refractivity contribution in [2.24, 2.45) is 0 Å². The van der Waals surface area contributed by atoms with Crippen molar-refractivity contribution in [3.8, 4) is 5.75 Å². The molecule has 2 unspecified atom stereocenters. The van der Waals surface area contributed by atoms with Crippen LogP contribution in [0.4, 0.5) is 10.5 Å². The van der Waals surface area contributed by atoms with Crippen molar-refractivity contribution in [2.45, 2.75) is 31.7 Å². The number of methoxy groups -OCH3 is 1. The highest BCUT2D eigenvalue weighted by molar-refractivity contribution is 6.88. The van der Waals surface area contributed by atoms with E-state index >= 15 is 0 Å². The maximum atomic E-state index is 13.3. The first-order valence-corrected chi connectivity index (χ1v) is 14.0. The summed E-state index contributed by atoms with van der Waals surface area (Å²) in [6.45, 7) is 6.96. The van der Waals surface area contributed by atoms with Crippen LogP contribution in [0.2, 0.25) is 19.6 Å². The van der Waals surface area contributed by atoms with Crippen LogP contribution in [0, 0.1) is 0 Å². The normalized spacial score (nSPS) is 16.5. The van der Waals surface area contributed by atoms with E-state index in [0.717, 1.165) is 0 Å². The largest absolute Gasteiger partial charge is 0.497 e. The Labute approximate surface area is 189 Å². The molecular weight excluding hydrogens is 424 g/mol. The fourth-order valence-electron chi connectivity index (χ4n) is 3.58. The average Bonchev–Trinajstić information content (AvgIpc) is 3.19. The molecule has 1 fully saturated rings. The summed E-state index contributed by atoms with van der Waals surface area (Å²) in [7, 11) is 1.68. The molecule has 3 rings (SSSR count). The highest BCUT2D eigenvalue weighted by Crippen LogP contribution is 2.25. The summed E-state index contributed by atoms with van der Waals surface area (Å²) in [5, 5.41) is 9.38. The van der Waals surface area contributed by atoms with Crippen molar-refractivity contribution in [1.29, 1.82) is 0 Å². The smallest absolute Gasteiger partial charge is 0.315 e. The second-order valence-electron chi connectivity index (χ2n) is 8.85. The van der Waals surface area contributed by atoms with Crippen molar-refractivity contribution >= 4 is 36.8 Å². The number of likely N-dealkylation sites (N-methyl/N-ethyl adjacent to an activating group) is 1. The summed E-state index contributed by atoms with van der Waals surface area (Å²) in [5.74, 6) is -0.0477. The van der Waals surface area contributed by atoms with Gasteiger partial charge in [0, 0.05) is 19.3 Å². The van der Waals surface area contributed by atoms with Crippen molar-refractivity contribution in [2.75, 3.05) is 26.0 Å². The molecule has 0 aliphatic carbocycles. The van der Waals surface area contributed by atoms with Gasteiger partial charge in [-0.3, -0.25) is 9.59 Å². The van der Waals surface area contributed by atoms with Crippen LogP contribution >= 0.6 is 0 Å². The highest BCUT2D eigenvalue weighted by atomic mass is 28.3. The Hall–Kier alpha value is -3.33. The van der Waals surface area contributed by atoms with Crippen molar-refractivity contribution in [1.82, 2.24) is 15.5 Å². The van der Waals surface area contributed by atoms with Crippen LogP contribution in [-0.2, 0) is 9.59 Å². The zero-order valence-electron chi connectivity index (χ0n) is 19.1. The maximum Gasteiger partial charge on any atom is 0.315 e. The van der Waals surface area contributed by atoms with Gasteiger partial charge in [-0.25, -0.2) is 4.79 Å². The van der Waals surface area contributed by atoms with Crippen LogP contribution in [0.25, 0.3) is 0 Å². The lowest BCUT2D eigenvalue weighted by atomic mass is 10.0. The van der Waals surface area contributed by atoms with E-state index in [-0.39, 0.29) is 18.4 Å². The van der Waals surface area contributed by atoms with Crippen LogP contribution in [-0.4, -0.2) is 57.6 Å². The van der Waals surface area contributed by atoms with Gasteiger partial charge in [-0.05, 0) is 29.8 Å². The van der Waals surface area contributed by atoms with Gasteiger partial charge in [-0.1, -0.05) is 49.1 Å². The van der Waals surface area contributed by atoms with Gasteiger partial charge in [0.15, 0.2) is 0 Å². The van der Waals surface area contributed by atoms with E-state index in [1.807, 2.05) is 24.3 Å². The van der Waals surface area contributed by atoms with Gasteiger partial charge in [0.2, 0.25) is 5.91 Å². The number of nitrogens with one attached hydrogen (secondary N) is 3. The Morgan fingerprint density at radius 2 is 1.72 bits per heavy atom. The standard InChI is InChI=1S/C23H30N4O4Si/c1-27(22(29)19-14-24-23(30)26-19)20(15-6-10-17(31-2)11-7-15)21(28)25-16-8-12-18(13-9-16)32(3,4)5/h6-13,19-20H,14H2,1-5H3,(H,25,28)(H2,24,26,30). The van der Waals surface area contributed by atoms with E-state index in [2.05, 4.69) is 35.6 Å². The fourth-order valence-corrected chi connectivity index (χ4v) is 4.75. The van der Waals surface area contributed by atoms with Gasteiger partial charge in [-0.15, -0.1) is 0 Å². The van der Waals surface area contributed by atoms with Crippen LogP contribution in [0.5, 0.6) is 5.75 Å². The molecular formula is C23H30N4O4Si. The molecule has 2 aromatic carbocycles. The van der Waals surface area contributed by atoms with E-state index in [0.29, 0.717) is 17.0 Å². The van der Waals surface area contributed by atoms with Crippen molar-refractivity contribution in [3.05, 3.63) is 54.1 Å². The number of hydrogen-bond donors (Lipinski definition) is 3. The molecule has 32 heavy (non-hydrogen) atoms. The lowest BCUT2D eigenvalue weighted by Crippen LogP contribution is -2.48. The monoisotopic (exact) mass is 454 g/mol. The Bertz CT molecular complexity index is 987. The third kappa shape index (κ3) is 5.28. The number of anilines is 1. The lowest BCUT2D eigenvalue weighted by molar-refractivity contribution is -0.138. The predicted molar refractivity (Wildman–Crippen MR) is 127 cm³/mol. The number of nitrogens with zero attached hydrogens (tertiary/aromatic N) is 1. The number of ether oxygens (including phenoxy) is 1. The predicted octanol–water partition coefficient (Wildman–Crippen LogP) is 2.06. The Morgan fingerprint density at radius 1 is 1.09 bits per heavy atom. The summed E-state index contributed by atoms with van der Waals surface area (Å²) in [6.07, 6.45) is 0. The third-order valence-electron chi connectivity index (χ3n) is 5.50. The number of carbonyl (C=O) groups excluding carboxylic acids is 3. The topological polar surface area (TPSA) is 99.8 Å².